The molecule has 188 valence electrons. The van der Waals surface area contributed by atoms with Gasteiger partial charge in [0, 0.05) is 46.4 Å². The van der Waals surface area contributed by atoms with Crippen molar-refractivity contribution in [2.24, 2.45) is 0 Å². The molecule has 7 nitrogen and oxygen atoms in total. The molecule has 0 aliphatic carbocycles. The van der Waals surface area contributed by atoms with Crippen molar-refractivity contribution >= 4 is 40.0 Å². The van der Waals surface area contributed by atoms with Crippen LogP contribution in [0.1, 0.15) is 44.4 Å². The van der Waals surface area contributed by atoms with E-state index in [1.807, 2.05) is 64.2 Å². The van der Waals surface area contributed by atoms with E-state index < -0.39 is 0 Å². The lowest BCUT2D eigenvalue weighted by atomic mass is 10.1. The Balaban J connectivity index is 0.00000109. The summed E-state index contributed by atoms with van der Waals surface area (Å²) in [6, 6.07) is 14.6. The van der Waals surface area contributed by atoms with Crippen LogP contribution in [0.5, 0.6) is 5.75 Å². The molecule has 0 spiro atoms. The number of carbonyl (C=O) groups is 1. The van der Waals surface area contributed by atoms with Crippen LogP contribution in [0, 0.1) is 5.41 Å². The summed E-state index contributed by atoms with van der Waals surface area (Å²) in [6.07, 6.45) is 8.89. The van der Waals surface area contributed by atoms with Crippen LogP contribution >= 0.6 is 0 Å². The van der Waals surface area contributed by atoms with E-state index in [0.29, 0.717) is 16.9 Å². The Morgan fingerprint density at radius 1 is 1.14 bits per heavy atom. The van der Waals surface area contributed by atoms with Crippen molar-refractivity contribution in [2.75, 3.05) is 18.2 Å². The molecule has 0 saturated carbocycles. The third-order valence-electron chi connectivity index (χ3n) is 5.08. The van der Waals surface area contributed by atoms with E-state index >= 15 is 0 Å². The van der Waals surface area contributed by atoms with E-state index in [9.17, 15) is 4.79 Å². The summed E-state index contributed by atoms with van der Waals surface area (Å²) in [4.78, 5) is 19.9. The number of fused-ring (bicyclic) bond motifs is 1. The zero-order chi connectivity index (χ0) is 26.5. The van der Waals surface area contributed by atoms with Crippen molar-refractivity contribution in [3.05, 3.63) is 89.9 Å². The summed E-state index contributed by atoms with van der Waals surface area (Å²) >= 11 is 0. The van der Waals surface area contributed by atoms with Crippen LogP contribution in [0.4, 0.5) is 11.4 Å². The largest absolute Gasteiger partial charge is 0.497 e. The summed E-state index contributed by atoms with van der Waals surface area (Å²) in [5.74, 6) is 0.571. The Bertz CT molecular complexity index is 1310. The molecule has 5 N–H and O–H groups in total. The Morgan fingerprint density at radius 3 is 2.61 bits per heavy atom. The van der Waals surface area contributed by atoms with Crippen molar-refractivity contribution in [2.45, 2.75) is 34.1 Å². The summed E-state index contributed by atoms with van der Waals surface area (Å²) in [7, 11) is 1.61. The summed E-state index contributed by atoms with van der Waals surface area (Å²) in [5.41, 5.74) is 10.6. The number of anilines is 2. The molecule has 0 saturated heterocycles. The SMILES string of the molecule is CC.CC.COc1ccc2[nH]cc(CC(=O)Nc3ccc(N)c(C(=N)/C=C/c4cccnc4)c3)c2c1. The molecule has 0 aliphatic heterocycles. The molecule has 1 amide bonds. The summed E-state index contributed by atoms with van der Waals surface area (Å²) in [5, 5.41) is 12.2. The Kier molecular flexibility index (Phi) is 10.9. The van der Waals surface area contributed by atoms with Gasteiger partial charge in [-0.15, -0.1) is 0 Å². The average Bonchev–Trinajstić information content (AvgIpc) is 3.32. The van der Waals surface area contributed by atoms with Gasteiger partial charge < -0.3 is 26.2 Å². The third-order valence-corrected chi connectivity index (χ3v) is 5.08. The van der Waals surface area contributed by atoms with Gasteiger partial charge in [0.1, 0.15) is 5.75 Å². The first-order chi connectivity index (χ1) is 17.5. The van der Waals surface area contributed by atoms with E-state index in [-0.39, 0.29) is 18.0 Å². The quantitative estimate of drug-likeness (QED) is 0.177. The van der Waals surface area contributed by atoms with Crippen LogP contribution in [0.25, 0.3) is 17.0 Å². The van der Waals surface area contributed by atoms with Crippen LogP contribution in [0.15, 0.2) is 73.2 Å². The van der Waals surface area contributed by atoms with E-state index in [0.717, 1.165) is 27.8 Å². The van der Waals surface area contributed by atoms with Crippen molar-refractivity contribution < 1.29 is 9.53 Å². The molecule has 0 aliphatic rings. The first-order valence-corrected chi connectivity index (χ1v) is 12.0. The van der Waals surface area contributed by atoms with Gasteiger partial charge in [-0.25, -0.2) is 0 Å². The minimum atomic E-state index is -0.165. The lowest BCUT2D eigenvalue weighted by Crippen LogP contribution is -2.15. The number of ether oxygens (including phenoxy) is 1. The summed E-state index contributed by atoms with van der Waals surface area (Å²) < 4.78 is 5.29. The second-order valence-corrected chi connectivity index (χ2v) is 7.29. The zero-order valence-corrected chi connectivity index (χ0v) is 21.6. The number of aromatic nitrogens is 2. The maximum Gasteiger partial charge on any atom is 0.228 e. The van der Waals surface area contributed by atoms with Crippen LogP contribution < -0.4 is 15.8 Å². The fourth-order valence-electron chi connectivity index (χ4n) is 3.42. The maximum absolute atomic E-state index is 12.7. The van der Waals surface area contributed by atoms with E-state index in [2.05, 4.69) is 15.3 Å². The zero-order valence-electron chi connectivity index (χ0n) is 21.6. The second kappa shape index (κ2) is 14.1. The molecule has 0 atom stereocenters. The number of H-pyrrole nitrogens is 1. The molecule has 36 heavy (non-hydrogen) atoms. The maximum atomic E-state index is 12.7. The molecule has 0 bridgehead atoms. The van der Waals surface area contributed by atoms with Crippen molar-refractivity contribution in [1.29, 1.82) is 5.41 Å². The highest BCUT2D eigenvalue weighted by Gasteiger charge is 2.12. The lowest BCUT2D eigenvalue weighted by Gasteiger charge is -2.10. The number of rotatable bonds is 7. The molecule has 2 heterocycles. The number of nitrogen functional groups attached to an aromatic ring is 1. The second-order valence-electron chi connectivity index (χ2n) is 7.29. The molecule has 2 aromatic heterocycles. The highest BCUT2D eigenvalue weighted by Crippen LogP contribution is 2.25. The predicted octanol–water partition coefficient (Wildman–Crippen LogP) is 6.47. The first-order valence-electron chi connectivity index (χ1n) is 12.0. The molecular formula is C29H35N5O2. The lowest BCUT2D eigenvalue weighted by molar-refractivity contribution is -0.115. The van der Waals surface area contributed by atoms with Gasteiger partial charge >= 0.3 is 0 Å². The van der Waals surface area contributed by atoms with Gasteiger partial charge in [-0.05, 0) is 59.7 Å². The molecular weight excluding hydrogens is 450 g/mol. The number of allylic oxidation sites excluding steroid dienone is 1. The van der Waals surface area contributed by atoms with E-state index in [4.69, 9.17) is 15.9 Å². The molecule has 0 unspecified atom stereocenters. The molecule has 0 fully saturated rings. The molecule has 4 rings (SSSR count). The number of nitrogens with zero attached hydrogens (tertiary/aromatic N) is 1. The van der Waals surface area contributed by atoms with E-state index in [1.165, 1.54) is 0 Å². The smallest absolute Gasteiger partial charge is 0.228 e. The van der Waals surface area contributed by atoms with Crippen LogP contribution in [0.3, 0.4) is 0 Å². The van der Waals surface area contributed by atoms with Crippen molar-refractivity contribution in [1.82, 2.24) is 9.97 Å². The molecule has 2 aromatic carbocycles. The number of pyridine rings is 1. The topological polar surface area (TPSA) is 117 Å². The van der Waals surface area contributed by atoms with Crippen molar-refractivity contribution in [3.63, 3.8) is 0 Å². The third kappa shape index (κ3) is 7.30. The average molecular weight is 486 g/mol. The first kappa shape index (κ1) is 27.9. The normalized spacial score (nSPS) is 10.1. The monoisotopic (exact) mass is 485 g/mol. The number of nitrogens with two attached hydrogens (primary N) is 1. The molecule has 4 aromatic rings. The van der Waals surface area contributed by atoms with Gasteiger partial charge in [-0.2, -0.15) is 0 Å². The number of amides is 1. The Labute approximate surface area is 212 Å². The molecule has 0 radical (unpaired) electrons. The number of methoxy groups -OCH3 is 1. The minimum Gasteiger partial charge on any atom is -0.497 e. The number of nitrogens with one attached hydrogen (secondary N) is 3. The van der Waals surface area contributed by atoms with Gasteiger partial charge in [-0.3, -0.25) is 9.78 Å². The van der Waals surface area contributed by atoms with Crippen LogP contribution in [0.2, 0.25) is 0 Å². The van der Waals surface area contributed by atoms with Crippen LogP contribution in [-0.2, 0) is 11.2 Å². The number of benzene rings is 2. The number of hydrogen-bond donors (Lipinski definition) is 4. The minimum absolute atomic E-state index is 0.165. The van der Waals surface area contributed by atoms with Gasteiger partial charge in [0.15, 0.2) is 0 Å². The Morgan fingerprint density at radius 2 is 1.92 bits per heavy atom. The fraction of sp³-hybridized carbons (Fsp3) is 0.207. The number of aromatic amines is 1. The number of carbonyl (C=O) groups excluding carboxylic acids is 1. The highest BCUT2D eigenvalue weighted by molar-refractivity contribution is 6.12. The van der Waals surface area contributed by atoms with Crippen molar-refractivity contribution in [3.8, 4) is 5.75 Å². The van der Waals surface area contributed by atoms with E-state index in [1.54, 1.807) is 49.9 Å². The Hall–Kier alpha value is -4.39. The standard InChI is InChI=1S/C25H23N5O2.2C2H6/c1-32-19-6-9-24-20(13-19)17(15-29-24)11-25(31)30-18-5-8-23(27)21(12-18)22(26)7-4-16-3-2-10-28-14-16;2*1-2/h2-10,12-15,26,29H,11,27H2,1H3,(H,30,31);2*1-2H3/b7-4+,26-22?;;. The molecule has 7 heteroatoms. The van der Waals surface area contributed by atoms with Gasteiger partial charge in [-0.1, -0.05) is 39.8 Å². The van der Waals surface area contributed by atoms with Gasteiger partial charge in [0.05, 0.1) is 19.2 Å². The highest BCUT2D eigenvalue weighted by atomic mass is 16.5. The fourth-order valence-corrected chi connectivity index (χ4v) is 3.42. The summed E-state index contributed by atoms with van der Waals surface area (Å²) in [6.45, 7) is 8.00. The van der Waals surface area contributed by atoms with Gasteiger partial charge in [0.25, 0.3) is 0 Å². The number of hydrogen-bond acceptors (Lipinski definition) is 5. The predicted molar refractivity (Wildman–Crippen MR) is 151 cm³/mol. The van der Waals surface area contributed by atoms with Crippen LogP contribution in [-0.4, -0.2) is 28.7 Å². The van der Waals surface area contributed by atoms with Gasteiger partial charge in [0.2, 0.25) is 5.91 Å².